The summed E-state index contributed by atoms with van der Waals surface area (Å²) in [5.41, 5.74) is 3.27. The summed E-state index contributed by atoms with van der Waals surface area (Å²) >= 11 is 0. The summed E-state index contributed by atoms with van der Waals surface area (Å²) < 4.78 is 31.8. The van der Waals surface area contributed by atoms with Crippen molar-refractivity contribution < 1.29 is 13.5 Å². The third kappa shape index (κ3) is 3.06. The van der Waals surface area contributed by atoms with Gasteiger partial charge in [0.15, 0.2) is 11.6 Å². The predicted molar refractivity (Wildman–Crippen MR) is 68.7 cm³/mol. The first-order valence-electron chi connectivity index (χ1n) is 5.90. The van der Waals surface area contributed by atoms with Gasteiger partial charge >= 0.3 is 0 Å². The van der Waals surface area contributed by atoms with Gasteiger partial charge in [0, 0.05) is 6.07 Å². The van der Waals surface area contributed by atoms with Gasteiger partial charge in [-0.15, -0.1) is 0 Å². The van der Waals surface area contributed by atoms with E-state index >= 15 is 0 Å². The summed E-state index contributed by atoms with van der Waals surface area (Å²) in [6.45, 7) is 0. The van der Waals surface area contributed by atoms with Gasteiger partial charge in [-0.3, -0.25) is 11.3 Å². The molecule has 106 valence electrons. The smallest absolute Gasteiger partial charge is 0.216 e. The molecule has 0 aliphatic rings. The molecule has 0 aliphatic heterocycles. The van der Waals surface area contributed by atoms with Gasteiger partial charge in [0.25, 0.3) is 0 Å². The van der Waals surface area contributed by atoms with Gasteiger partial charge in [-0.1, -0.05) is 12.1 Å². The van der Waals surface area contributed by atoms with E-state index in [0.717, 1.165) is 6.07 Å². The molecule has 0 saturated carbocycles. The minimum Gasteiger partial charge on any atom is -0.481 e. The number of nitrogens with one attached hydrogen (secondary N) is 1. The van der Waals surface area contributed by atoms with Crippen LogP contribution >= 0.6 is 0 Å². The average Bonchev–Trinajstić information content (AvgIpc) is 2.49. The van der Waals surface area contributed by atoms with E-state index in [2.05, 4.69) is 15.4 Å². The molecule has 0 aliphatic carbocycles. The van der Waals surface area contributed by atoms with Crippen molar-refractivity contribution in [2.45, 2.75) is 12.5 Å². The molecule has 1 heterocycles. The van der Waals surface area contributed by atoms with Crippen molar-refractivity contribution in [1.29, 1.82) is 0 Å². The molecule has 0 radical (unpaired) electrons. The number of hydrogen-bond donors (Lipinski definition) is 2. The fourth-order valence-corrected chi connectivity index (χ4v) is 1.83. The van der Waals surface area contributed by atoms with E-state index in [1.807, 2.05) is 0 Å². The quantitative estimate of drug-likeness (QED) is 0.641. The van der Waals surface area contributed by atoms with Gasteiger partial charge in [-0.2, -0.15) is 0 Å². The van der Waals surface area contributed by atoms with E-state index in [1.54, 1.807) is 6.07 Å². The molecule has 1 unspecified atom stereocenters. The van der Waals surface area contributed by atoms with Crippen LogP contribution in [0.2, 0.25) is 0 Å². The first-order chi connectivity index (χ1) is 9.65. The summed E-state index contributed by atoms with van der Waals surface area (Å²) in [5, 5.41) is 0. The standard InChI is InChI=1S/C13H14F2N4O/c1-20-12-6-10(17-7-18-12)11(19-16)5-8-3-2-4-9(14)13(8)15/h2-4,6-7,11,19H,5,16H2,1H3. The van der Waals surface area contributed by atoms with Crippen LogP contribution in [0.3, 0.4) is 0 Å². The van der Waals surface area contributed by atoms with Crippen molar-refractivity contribution >= 4 is 0 Å². The highest BCUT2D eigenvalue weighted by Gasteiger charge is 2.17. The highest BCUT2D eigenvalue weighted by atomic mass is 19.2. The fraction of sp³-hybridized carbons (Fsp3) is 0.231. The highest BCUT2D eigenvalue weighted by Crippen LogP contribution is 2.21. The number of nitrogens with zero attached hydrogens (tertiary/aromatic N) is 2. The van der Waals surface area contributed by atoms with Crippen LogP contribution in [0.4, 0.5) is 8.78 Å². The minimum atomic E-state index is -0.890. The van der Waals surface area contributed by atoms with Gasteiger partial charge in [0.05, 0.1) is 18.8 Å². The zero-order valence-corrected chi connectivity index (χ0v) is 10.8. The molecule has 0 spiro atoms. The molecular formula is C13H14F2N4O. The lowest BCUT2D eigenvalue weighted by atomic mass is 10.0. The molecule has 0 saturated heterocycles. The first-order valence-corrected chi connectivity index (χ1v) is 5.90. The largest absolute Gasteiger partial charge is 0.481 e. The SMILES string of the molecule is COc1cc(C(Cc2cccc(F)c2F)NN)ncn1. The van der Waals surface area contributed by atoms with Crippen LogP contribution in [-0.4, -0.2) is 17.1 Å². The second-order valence-corrected chi connectivity index (χ2v) is 4.12. The Bertz CT molecular complexity index is 594. The molecule has 1 atom stereocenters. The number of halogens is 2. The topological polar surface area (TPSA) is 73.1 Å². The van der Waals surface area contributed by atoms with Crippen molar-refractivity contribution in [3.63, 3.8) is 0 Å². The van der Waals surface area contributed by atoms with Crippen molar-refractivity contribution in [3.05, 3.63) is 53.5 Å². The summed E-state index contributed by atoms with van der Waals surface area (Å²) in [7, 11) is 1.48. The van der Waals surface area contributed by atoms with Crippen LogP contribution < -0.4 is 16.0 Å². The van der Waals surface area contributed by atoms with Gasteiger partial charge in [0.1, 0.15) is 6.33 Å². The first kappa shape index (κ1) is 14.3. The third-order valence-electron chi connectivity index (χ3n) is 2.89. The molecule has 0 bridgehead atoms. The second-order valence-electron chi connectivity index (χ2n) is 4.12. The monoisotopic (exact) mass is 280 g/mol. The van der Waals surface area contributed by atoms with Gasteiger partial charge in [0.2, 0.25) is 5.88 Å². The number of methoxy groups -OCH3 is 1. The van der Waals surface area contributed by atoms with Crippen molar-refractivity contribution in [2.75, 3.05) is 7.11 Å². The number of benzene rings is 1. The minimum absolute atomic E-state index is 0.153. The Kier molecular flexibility index (Phi) is 4.54. The molecule has 5 nitrogen and oxygen atoms in total. The second kappa shape index (κ2) is 6.36. The lowest BCUT2D eigenvalue weighted by molar-refractivity contribution is 0.393. The number of aromatic nitrogens is 2. The van der Waals surface area contributed by atoms with Gasteiger partial charge in [-0.25, -0.2) is 18.7 Å². The van der Waals surface area contributed by atoms with Crippen molar-refractivity contribution in [3.8, 4) is 5.88 Å². The Morgan fingerprint density at radius 1 is 1.35 bits per heavy atom. The summed E-state index contributed by atoms with van der Waals surface area (Å²) in [6, 6.07) is 5.12. The maximum atomic E-state index is 13.7. The van der Waals surface area contributed by atoms with Crippen LogP contribution in [0.25, 0.3) is 0 Å². The van der Waals surface area contributed by atoms with E-state index in [4.69, 9.17) is 10.6 Å². The molecule has 20 heavy (non-hydrogen) atoms. The van der Waals surface area contributed by atoms with Crippen molar-refractivity contribution in [1.82, 2.24) is 15.4 Å². The Hall–Kier alpha value is -2.12. The number of nitrogens with two attached hydrogens (primary N) is 1. The molecule has 1 aromatic heterocycles. The van der Waals surface area contributed by atoms with E-state index in [9.17, 15) is 8.78 Å². The Balaban J connectivity index is 2.26. The van der Waals surface area contributed by atoms with Gasteiger partial charge in [-0.05, 0) is 18.1 Å². The van der Waals surface area contributed by atoms with Crippen LogP contribution in [0, 0.1) is 11.6 Å². The molecule has 0 amide bonds. The lowest BCUT2D eigenvalue weighted by Gasteiger charge is -2.16. The van der Waals surface area contributed by atoms with Gasteiger partial charge < -0.3 is 4.74 Å². The van der Waals surface area contributed by atoms with E-state index in [-0.39, 0.29) is 12.0 Å². The van der Waals surface area contributed by atoms with Crippen LogP contribution in [-0.2, 0) is 6.42 Å². The maximum absolute atomic E-state index is 13.7. The number of hydrazine groups is 1. The molecule has 2 aromatic rings. The lowest BCUT2D eigenvalue weighted by Crippen LogP contribution is -2.30. The average molecular weight is 280 g/mol. The normalized spacial score (nSPS) is 12.2. The van der Waals surface area contributed by atoms with Crippen molar-refractivity contribution in [2.24, 2.45) is 5.84 Å². The zero-order chi connectivity index (χ0) is 14.5. The summed E-state index contributed by atoms with van der Waals surface area (Å²) in [4.78, 5) is 7.93. The Morgan fingerprint density at radius 3 is 2.85 bits per heavy atom. The van der Waals surface area contributed by atoms with E-state index < -0.39 is 17.7 Å². The Morgan fingerprint density at radius 2 is 2.15 bits per heavy atom. The summed E-state index contributed by atoms with van der Waals surface area (Å²) in [6.07, 6.45) is 1.47. The van der Waals surface area contributed by atoms with E-state index in [1.165, 1.54) is 25.6 Å². The molecule has 7 heteroatoms. The number of ether oxygens (including phenoxy) is 1. The zero-order valence-electron chi connectivity index (χ0n) is 10.8. The Labute approximate surface area is 114 Å². The predicted octanol–water partition coefficient (Wildman–Crippen LogP) is 1.51. The van der Waals surface area contributed by atoms with Crippen LogP contribution in [0.5, 0.6) is 5.88 Å². The third-order valence-corrected chi connectivity index (χ3v) is 2.89. The summed E-state index contributed by atoms with van der Waals surface area (Å²) in [5.74, 6) is 4.06. The van der Waals surface area contributed by atoms with Crippen LogP contribution in [0.15, 0.2) is 30.6 Å². The number of rotatable bonds is 5. The number of hydrogen-bond acceptors (Lipinski definition) is 5. The van der Waals surface area contributed by atoms with E-state index in [0.29, 0.717) is 11.6 Å². The molecule has 2 rings (SSSR count). The molecule has 0 fully saturated rings. The molecular weight excluding hydrogens is 266 g/mol. The van der Waals surface area contributed by atoms with Crippen LogP contribution in [0.1, 0.15) is 17.3 Å². The molecule has 3 N–H and O–H groups in total. The maximum Gasteiger partial charge on any atom is 0.216 e. The highest BCUT2D eigenvalue weighted by molar-refractivity contribution is 5.23. The fourth-order valence-electron chi connectivity index (χ4n) is 1.83. The molecule has 1 aromatic carbocycles.